The second-order valence-electron chi connectivity index (χ2n) is 6.99. The maximum absolute atomic E-state index is 12.8. The van der Waals surface area contributed by atoms with Crippen LogP contribution in [0.15, 0.2) is 71.6 Å². The standard InChI is InChI=1S/C23H22N2O6S/c1-29-20-8-3-2-7-19(20)25-32(27,28)18-6-4-5-17(14-18)23(26)24-15-16-9-10-21-22(13-16)31-12-11-30-21/h2-10,13-14,25H,11-12,15H2,1H3,(H,24,26). The van der Waals surface area contributed by atoms with Crippen molar-refractivity contribution in [2.75, 3.05) is 25.0 Å². The summed E-state index contributed by atoms with van der Waals surface area (Å²) in [5, 5.41) is 2.80. The average molecular weight is 455 g/mol. The van der Waals surface area contributed by atoms with Crippen LogP contribution in [0.25, 0.3) is 0 Å². The zero-order chi connectivity index (χ0) is 22.6. The lowest BCUT2D eigenvalue weighted by Crippen LogP contribution is -2.23. The van der Waals surface area contributed by atoms with Gasteiger partial charge in [-0.2, -0.15) is 0 Å². The number of anilines is 1. The molecule has 0 saturated carbocycles. The third kappa shape index (κ3) is 4.78. The number of hydrogen-bond donors (Lipinski definition) is 2. The lowest BCUT2D eigenvalue weighted by atomic mass is 10.1. The van der Waals surface area contributed by atoms with Gasteiger partial charge in [-0.1, -0.05) is 24.3 Å². The molecule has 0 aliphatic carbocycles. The van der Waals surface area contributed by atoms with E-state index in [9.17, 15) is 13.2 Å². The van der Waals surface area contributed by atoms with Crippen molar-refractivity contribution in [2.45, 2.75) is 11.4 Å². The van der Waals surface area contributed by atoms with E-state index in [1.807, 2.05) is 12.1 Å². The summed E-state index contributed by atoms with van der Waals surface area (Å²) in [5.41, 5.74) is 1.37. The number of amides is 1. The summed E-state index contributed by atoms with van der Waals surface area (Å²) < 4.78 is 44.4. The van der Waals surface area contributed by atoms with E-state index in [0.717, 1.165) is 5.56 Å². The highest BCUT2D eigenvalue weighted by atomic mass is 32.2. The van der Waals surface area contributed by atoms with Crippen LogP contribution in [0.3, 0.4) is 0 Å². The van der Waals surface area contributed by atoms with Crippen molar-refractivity contribution in [3.8, 4) is 17.2 Å². The van der Waals surface area contributed by atoms with Gasteiger partial charge in [-0.25, -0.2) is 8.42 Å². The van der Waals surface area contributed by atoms with Gasteiger partial charge in [0, 0.05) is 12.1 Å². The van der Waals surface area contributed by atoms with Crippen LogP contribution in [-0.4, -0.2) is 34.6 Å². The number of ether oxygens (including phenoxy) is 3. The van der Waals surface area contributed by atoms with Crippen molar-refractivity contribution < 1.29 is 27.4 Å². The van der Waals surface area contributed by atoms with Gasteiger partial charge >= 0.3 is 0 Å². The molecule has 0 spiro atoms. The van der Waals surface area contributed by atoms with Gasteiger partial charge < -0.3 is 19.5 Å². The largest absolute Gasteiger partial charge is 0.495 e. The summed E-state index contributed by atoms with van der Waals surface area (Å²) in [6.07, 6.45) is 0. The molecule has 9 heteroatoms. The van der Waals surface area contributed by atoms with E-state index in [1.165, 1.54) is 25.3 Å². The minimum Gasteiger partial charge on any atom is -0.495 e. The maximum Gasteiger partial charge on any atom is 0.262 e. The van der Waals surface area contributed by atoms with Gasteiger partial charge in [-0.05, 0) is 48.0 Å². The Hall–Kier alpha value is -3.72. The number of carbonyl (C=O) groups excluding carboxylic acids is 1. The Kier molecular flexibility index (Phi) is 6.18. The maximum atomic E-state index is 12.8. The average Bonchev–Trinajstić information content (AvgIpc) is 2.82. The molecule has 0 atom stereocenters. The number of sulfonamides is 1. The molecule has 3 aromatic rings. The molecule has 0 fully saturated rings. The number of nitrogens with one attached hydrogen (secondary N) is 2. The summed E-state index contributed by atoms with van der Waals surface area (Å²) in [5.74, 6) is 1.31. The number of fused-ring (bicyclic) bond motifs is 1. The molecule has 0 unspecified atom stereocenters. The van der Waals surface area contributed by atoms with Gasteiger partial charge in [0.25, 0.3) is 15.9 Å². The Morgan fingerprint density at radius 3 is 2.56 bits per heavy atom. The molecule has 32 heavy (non-hydrogen) atoms. The molecule has 0 radical (unpaired) electrons. The van der Waals surface area contributed by atoms with Crippen LogP contribution in [0.4, 0.5) is 5.69 Å². The van der Waals surface area contributed by atoms with Crippen LogP contribution in [0.5, 0.6) is 17.2 Å². The van der Waals surface area contributed by atoms with Crippen molar-refractivity contribution in [2.24, 2.45) is 0 Å². The number of methoxy groups -OCH3 is 1. The van der Waals surface area contributed by atoms with Crippen LogP contribution in [0.2, 0.25) is 0 Å². The predicted octanol–water partition coefficient (Wildman–Crippen LogP) is 3.20. The van der Waals surface area contributed by atoms with Crippen molar-refractivity contribution in [3.05, 3.63) is 77.9 Å². The lowest BCUT2D eigenvalue weighted by Gasteiger charge is -2.19. The zero-order valence-electron chi connectivity index (χ0n) is 17.3. The first kappa shape index (κ1) is 21.5. The lowest BCUT2D eigenvalue weighted by molar-refractivity contribution is 0.0950. The molecule has 2 N–H and O–H groups in total. The number of benzene rings is 3. The van der Waals surface area contributed by atoms with Crippen LogP contribution in [-0.2, 0) is 16.6 Å². The van der Waals surface area contributed by atoms with Crippen molar-refractivity contribution in [3.63, 3.8) is 0 Å². The molecule has 1 amide bonds. The van der Waals surface area contributed by atoms with Crippen LogP contribution >= 0.6 is 0 Å². The van der Waals surface area contributed by atoms with Gasteiger partial charge in [0.15, 0.2) is 11.5 Å². The Bertz CT molecular complexity index is 1240. The van der Waals surface area contributed by atoms with E-state index >= 15 is 0 Å². The number of carbonyl (C=O) groups is 1. The molecule has 3 aromatic carbocycles. The minimum absolute atomic E-state index is 0.0321. The van der Waals surface area contributed by atoms with Crippen LogP contribution in [0, 0.1) is 0 Å². The van der Waals surface area contributed by atoms with Crippen molar-refractivity contribution in [1.29, 1.82) is 0 Å². The SMILES string of the molecule is COc1ccccc1NS(=O)(=O)c1cccc(C(=O)NCc2ccc3c(c2)OCCO3)c1. The number of rotatable bonds is 7. The Morgan fingerprint density at radius 2 is 1.75 bits per heavy atom. The zero-order valence-corrected chi connectivity index (χ0v) is 18.1. The van der Waals surface area contributed by atoms with E-state index in [4.69, 9.17) is 14.2 Å². The molecule has 1 aliphatic rings. The Balaban J connectivity index is 1.46. The summed E-state index contributed by atoms with van der Waals surface area (Å²) in [7, 11) is -2.46. The fourth-order valence-corrected chi connectivity index (χ4v) is 4.34. The summed E-state index contributed by atoms with van der Waals surface area (Å²) in [6, 6.07) is 18.0. The molecule has 8 nitrogen and oxygen atoms in total. The highest BCUT2D eigenvalue weighted by Gasteiger charge is 2.18. The van der Waals surface area contributed by atoms with Crippen molar-refractivity contribution in [1.82, 2.24) is 5.32 Å². The van der Waals surface area contributed by atoms with E-state index in [-0.39, 0.29) is 17.0 Å². The van der Waals surface area contributed by atoms with Gasteiger partial charge in [0.05, 0.1) is 17.7 Å². The third-order valence-corrected chi connectivity index (χ3v) is 6.18. The first-order valence-electron chi connectivity index (χ1n) is 9.89. The molecule has 0 bridgehead atoms. The van der Waals surface area contributed by atoms with Gasteiger partial charge in [0.1, 0.15) is 19.0 Å². The van der Waals surface area contributed by atoms with Crippen LogP contribution in [0.1, 0.15) is 15.9 Å². The van der Waals surface area contributed by atoms with E-state index in [2.05, 4.69) is 10.0 Å². The summed E-state index contributed by atoms with van der Waals surface area (Å²) in [6.45, 7) is 1.24. The molecule has 0 saturated heterocycles. The van der Waals surface area contributed by atoms with E-state index in [1.54, 1.807) is 36.4 Å². The molecule has 1 heterocycles. The molecule has 4 rings (SSSR count). The van der Waals surface area contributed by atoms with Crippen LogP contribution < -0.4 is 24.2 Å². The summed E-state index contributed by atoms with van der Waals surface area (Å²) >= 11 is 0. The number of hydrogen-bond acceptors (Lipinski definition) is 6. The van der Waals surface area contributed by atoms with E-state index in [0.29, 0.717) is 36.1 Å². The Morgan fingerprint density at radius 1 is 0.969 bits per heavy atom. The highest BCUT2D eigenvalue weighted by molar-refractivity contribution is 7.92. The quantitative estimate of drug-likeness (QED) is 0.568. The van der Waals surface area contributed by atoms with Gasteiger partial charge in [0.2, 0.25) is 0 Å². The first-order valence-corrected chi connectivity index (χ1v) is 11.4. The fourth-order valence-electron chi connectivity index (χ4n) is 3.22. The Labute approximate surface area is 186 Å². The minimum atomic E-state index is -3.92. The van der Waals surface area contributed by atoms with Gasteiger partial charge in [-0.3, -0.25) is 9.52 Å². The molecule has 1 aliphatic heterocycles. The molecule has 0 aromatic heterocycles. The highest BCUT2D eigenvalue weighted by Crippen LogP contribution is 2.30. The normalized spacial score (nSPS) is 12.7. The smallest absolute Gasteiger partial charge is 0.262 e. The second-order valence-corrected chi connectivity index (χ2v) is 8.68. The topological polar surface area (TPSA) is 103 Å². The first-order chi connectivity index (χ1) is 15.5. The third-order valence-electron chi connectivity index (χ3n) is 4.82. The van der Waals surface area contributed by atoms with E-state index < -0.39 is 15.9 Å². The fraction of sp³-hybridized carbons (Fsp3) is 0.174. The predicted molar refractivity (Wildman–Crippen MR) is 119 cm³/mol. The molecule has 166 valence electrons. The van der Waals surface area contributed by atoms with Crippen molar-refractivity contribution >= 4 is 21.6 Å². The monoisotopic (exact) mass is 454 g/mol. The molecular weight excluding hydrogens is 432 g/mol. The van der Waals surface area contributed by atoms with Gasteiger partial charge in [-0.15, -0.1) is 0 Å². The second kappa shape index (κ2) is 9.19. The number of para-hydroxylation sites is 2. The summed E-state index contributed by atoms with van der Waals surface area (Å²) in [4.78, 5) is 12.6. The molecular formula is C23H22N2O6S.